The average Bonchev–Trinajstić information content (AvgIpc) is 2.29. The SMILES string of the molecule is CNC(=O)CNC(C)Cc1ccc(Cl)cc1. The van der Waals surface area contributed by atoms with Crippen molar-refractivity contribution in [3.63, 3.8) is 0 Å². The van der Waals surface area contributed by atoms with Crippen molar-refractivity contribution in [2.75, 3.05) is 13.6 Å². The van der Waals surface area contributed by atoms with Crippen molar-refractivity contribution >= 4 is 17.5 Å². The Kier molecular flexibility index (Phi) is 5.29. The van der Waals surface area contributed by atoms with Crippen LogP contribution in [0.4, 0.5) is 0 Å². The summed E-state index contributed by atoms with van der Waals surface area (Å²) >= 11 is 5.80. The topological polar surface area (TPSA) is 41.1 Å². The third kappa shape index (κ3) is 4.64. The Bertz CT molecular complexity index is 337. The number of halogens is 1. The van der Waals surface area contributed by atoms with Crippen LogP contribution in [0.25, 0.3) is 0 Å². The summed E-state index contributed by atoms with van der Waals surface area (Å²) in [5, 5.41) is 6.47. The van der Waals surface area contributed by atoms with E-state index in [0.29, 0.717) is 6.54 Å². The summed E-state index contributed by atoms with van der Waals surface area (Å²) < 4.78 is 0. The lowest BCUT2D eigenvalue weighted by molar-refractivity contribution is -0.119. The fourth-order valence-corrected chi connectivity index (χ4v) is 1.53. The molecule has 3 nitrogen and oxygen atoms in total. The van der Waals surface area contributed by atoms with Crippen molar-refractivity contribution < 1.29 is 4.79 Å². The van der Waals surface area contributed by atoms with Crippen LogP contribution in [0.2, 0.25) is 5.02 Å². The molecule has 0 aromatic heterocycles. The van der Waals surface area contributed by atoms with Gasteiger partial charge in [0.25, 0.3) is 0 Å². The van der Waals surface area contributed by atoms with Crippen LogP contribution in [-0.4, -0.2) is 25.5 Å². The van der Waals surface area contributed by atoms with Crippen LogP contribution in [0.1, 0.15) is 12.5 Å². The van der Waals surface area contributed by atoms with Crippen LogP contribution in [0, 0.1) is 0 Å². The molecule has 2 N–H and O–H groups in total. The second-order valence-corrected chi connectivity index (χ2v) is 4.22. The molecule has 4 heteroatoms. The molecule has 0 aliphatic rings. The van der Waals surface area contributed by atoms with Crippen LogP contribution in [0.3, 0.4) is 0 Å². The molecule has 0 saturated carbocycles. The fraction of sp³-hybridized carbons (Fsp3) is 0.417. The molecule has 88 valence electrons. The minimum absolute atomic E-state index is 0.00274. The van der Waals surface area contributed by atoms with Crippen molar-refractivity contribution in [2.24, 2.45) is 0 Å². The van der Waals surface area contributed by atoms with E-state index in [9.17, 15) is 4.79 Å². The van der Waals surface area contributed by atoms with Crippen LogP contribution >= 0.6 is 11.6 Å². The van der Waals surface area contributed by atoms with Gasteiger partial charge in [-0.25, -0.2) is 0 Å². The zero-order valence-electron chi connectivity index (χ0n) is 9.59. The molecule has 0 bridgehead atoms. The summed E-state index contributed by atoms with van der Waals surface area (Å²) in [6, 6.07) is 8.02. The molecule has 1 aromatic rings. The number of nitrogens with one attached hydrogen (secondary N) is 2. The van der Waals surface area contributed by atoms with E-state index in [4.69, 9.17) is 11.6 Å². The predicted octanol–water partition coefficient (Wildman–Crippen LogP) is 1.61. The first-order valence-electron chi connectivity index (χ1n) is 5.30. The maximum absolute atomic E-state index is 11.0. The third-order valence-electron chi connectivity index (χ3n) is 2.35. The van der Waals surface area contributed by atoms with Gasteiger partial charge < -0.3 is 10.6 Å². The van der Waals surface area contributed by atoms with E-state index in [1.54, 1.807) is 7.05 Å². The van der Waals surface area contributed by atoms with Crippen molar-refractivity contribution in [3.05, 3.63) is 34.9 Å². The minimum atomic E-state index is 0.00274. The molecule has 1 atom stereocenters. The van der Waals surface area contributed by atoms with Gasteiger partial charge in [0.05, 0.1) is 6.54 Å². The van der Waals surface area contributed by atoms with Crippen molar-refractivity contribution in [1.29, 1.82) is 0 Å². The normalized spacial score (nSPS) is 12.2. The lowest BCUT2D eigenvalue weighted by atomic mass is 10.1. The summed E-state index contributed by atoms with van der Waals surface area (Å²) in [5.74, 6) is 0.00274. The third-order valence-corrected chi connectivity index (χ3v) is 2.60. The van der Waals surface area contributed by atoms with Gasteiger partial charge in [0.2, 0.25) is 5.91 Å². The van der Waals surface area contributed by atoms with Gasteiger partial charge in [-0.3, -0.25) is 4.79 Å². The molecule has 0 fully saturated rings. The van der Waals surface area contributed by atoms with E-state index in [0.717, 1.165) is 11.4 Å². The number of likely N-dealkylation sites (N-methyl/N-ethyl adjacent to an activating group) is 1. The van der Waals surface area contributed by atoms with Gasteiger partial charge in [-0.05, 0) is 31.0 Å². The smallest absolute Gasteiger partial charge is 0.233 e. The summed E-state index contributed by atoms with van der Waals surface area (Å²) in [5.41, 5.74) is 1.21. The standard InChI is InChI=1S/C12H17ClN2O/c1-9(15-8-12(16)14-2)7-10-3-5-11(13)6-4-10/h3-6,9,15H,7-8H2,1-2H3,(H,14,16). The first-order valence-corrected chi connectivity index (χ1v) is 5.68. The summed E-state index contributed by atoms with van der Waals surface area (Å²) in [6.45, 7) is 2.41. The van der Waals surface area contributed by atoms with Crippen LogP contribution in [-0.2, 0) is 11.2 Å². The quantitative estimate of drug-likeness (QED) is 0.821. The number of benzene rings is 1. The molecule has 1 aromatic carbocycles. The summed E-state index contributed by atoms with van der Waals surface area (Å²) in [6.07, 6.45) is 0.883. The zero-order valence-corrected chi connectivity index (χ0v) is 10.3. The summed E-state index contributed by atoms with van der Waals surface area (Å²) in [4.78, 5) is 11.0. The molecular weight excluding hydrogens is 224 g/mol. The van der Waals surface area contributed by atoms with Gasteiger partial charge in [0.1, 0.15) is 0 Å². The maximum Gasteiger partial charge on any atom is 0.233 e. The number of rotatable bonds is 5. The lowest BCUT2D eigenvalue weighted by Gasteiger charge is -2.13. The minimum Gasteiger partial charge on any atom is -0.358 e. The second-order valence-electron chi connectivity index (χ2n) is 3.79. The van der Waals surface area contributed by atoms with E-state index in [-0.39, 0.29) is 11.9 Å². The molecule has 0 radical (unpaired) electrons. The van der Waals surface area contributed by atoms with E-state index >= 15 is 0 Å². The Hall–Kier alpha value is -1.06. The van der Waals surface area contributed by atoms with Crippen LogP contribution < -0.4 is 10.6 Å². The Morgan fingerprint density at radius 1 is 1.38 bits per heavy atom. The first kappa shape index (κ1) is 13.0. The second kappa shape index (κ2) is 6.51. The lowest BCUT2D eigenvalue weighted by Crippen LogP contribution is -2.37. The van der Waals surface area contributed by atoms with Crippen molar-refractivity contribution in [2.45, 2.75) is 19.4 Å². The Morgan fingerprint density at radius 3 is 2.56 bits per heavy atom. The molecule has 1 unspecified atom stereocenters. The molecule has 0 spiro atoms. The molecule has 0 saturated heterocycles. The molecule has 0 aliphatic heterocycles. The highest BCUT2D eigenvalue weighted by Gasteiger charge is 2.05. The number of amides is 1. The number of hydrogen-bond acceptors (Lipinski definition) is 2. The van der Waals surface area contributed by atoms with Crippen molar-refractivity contribution in [1.82, 2.24) is 10.6 Å². The Labute approximate surface area is 101 Å². The number of hydrogen-bond donors (Lipinski definition) is 2. The Balaban J connectivity index is 2.36. The van der Waals surface area contributed by atoms with Crippen molar-refractivity contribution in [3.8, 4) is 0 Å². The first-order chi connectivity index (χ1) is 7.61. The monoisotopic (exact) mass is 240 g/mol. The number of carbonyl (C=O) groups is 1. The van der Waals surface area contributed by atoms with E-state index < -0.39 is 0 Å². The van der Waals surface area contributed by atoms with Gasteiger partial charge in [-0.15, -0.1) is 0 Å². The Morgan fingerprint density at radius 2 is 2.00 bits per heavy atom. The number of carbonyl (C=O) groups excluding carboxylic acids is 1. The van der Waals surface area contributed by atoms with E-state index in [1.807, 2.05) is 24.3 Å². The highest BCUT2D eigenvalue weighted by Crippen LogP contribution is 2.10. The molecule has 0 aliphatic carbocycles. The fourth-order valence-electron chi connectivity index (χ4n) is 1.40. The summed E-state index contributed by atoms with van der Waals surface area (Å²) in [7, 11) is 1.63. The molecule has 0 heterocycles. The average molecular weight is 241 g/mol. The van der Waals surface area contributed by atoms with Crippen LogP contribution in [0.5, 0.6) is 0 Å². The highest BCUT2D eigenvalue weighted by atomic mass is 35.5. The molecule has 1 amide bonds. The van der Waals surface area contributed by atoms with Crippen LogP contribution in [0.15, 0.2) is 24.3 Å². The molecular formula is C12H17ClN2O. The van der Waals surface area contributed by atoms with Gasteiger partial charge in [-0.2, -0.15) is 0 Å². The van der Waals surface area contributed by atoms with Gasteiger partial charge >= 0.3 is 0 Å². The molecule has 16 heavy (non-hydrogen) atoms. The van der Waals surface area contributed by atoms with E-state index in [2.05, 4.69) is 17.6 Å². The predicted molar refractivity (Wildman–Crippen MR) is 66.7 cm³/mol. The molecule has 1 rings (SSSR count). The maximum atomic E-state index is 11.0. The van der Waals surface area contributed by atoms with Gasteiger partial charge in [0, 0.05) is 18.1 Å². The largest absolute Gasteiger partial charge is 0.358 e. The van der Waals surface area contributed by atoms with E-state index in [1.165, 1.54) is 5.56 Å². The van der Waals surface area contributed by atoms with Gasteiger partial charge in [-0.1, -0.05) is 23.7 Å². The highest BCUT2D eigenvalue weighted by molar-refractivity contribution is 6.30. The zero-order chi connectivity index (χ0) is 12.0. The van der Waals surface area contributed by atoms with Gasteiger partial charge in [0.15, 0.2) is 0 Å².